The van der Waals surface area contributed by atoms with Gasteiger partial charge in [0.05, 0.1) is 16.4 Å². The van der Waals surface area contributed by atoms with Gasteiger partial charge in [0.2, 0.25) is 0 Å². The molecular formula is C75H64BN3. The van der Waals surface area contributed by atoms with Crippen LogP contribution in [0.5, 0.6) is 0 Å². The fourth-order valence-electron chi connectivity index (χ4n) is 20.7. The van der Waals surface area contributed by atoms with E-state index in [1.54, 1.807) is 11.1 Å². The van der Waals surface area contributed by atoms with Gasteiger partial charge < -0.3 is 14.3 Å². The largest absolute Gasteiger partial charge is 0.376 e. The monoisotopic (exact) mass is 1020 g/mol. The van der Waals surface area contributed by atoms with E-state index >= 15 is 0 Å². The lowest BCUT2D eigenvalue weighted by atomic mass is 9.41. The number of fused-ring (bicyclic) bond motifs is 9. The van der Waals surface area contributed by atoms with Gasteiger partial charge in [0.15, 0.2) is 0 Å². The number of rotatable bonds is 7. The van der Waals surface area contributed by atoms with Gasteiger partial charge in [-0.2, -0.15) is 0 Å². The van der Waals surface area contributed by atoms with Crippen molar-refractivity contribution in [2.24, 2.45) is 35.5 Å². The van der Waals surface area contributed by atoms with E-state index in [1.165, 1.54) is 166 Å². The van der Waals surface area contributed by atoms with Crippen molar-refractivity contribution < 1.29 is 0 Å². The van der Waals surface area contributed by atoms with Crippen molar-refractivity contribution in [2.75, 3.05) is 9.71 Å². The minimum Gasteiger partial charge on any atom is -0.376 e. The Morgan fingerprint density at radius 1 is 0.392 bits per heavy atom. The fraction of sp³-hybridized carbons (Fsp3) is 0.280. The van der Waals surface area contributed by atoms with Crippen LogP contribution in [0.25, 0.3) is 38.6 Å². The first kappa shape index (κ1) is 44.3. The molecule has 0 spiro atoms. The first-order chi connectivity index (χ1) is 39.0. The number of hydrogen-bond acceptors (Lipinski definition) is 2. The lowest BCUT2D eigenvalue weighted by Crippen LogP contribution is -2.62. The summed E-state index contributed by atoms with van der Waals surface area (Å²) in [5.41, 5.74) is 24.3. The third-order valence-corrected chi connectivity index (χ3v) is 22.6. The number of para-hydroxylation sites is 4. The van der Waals surface area contributed by atoms with Crippen LogP contribution in [0.15, 0.2) is 206 Å². The molecule has 10 aromatic rings. The molecule has 8 fully saturated rings. The van der Waals surface area contributed by atoms with Crippen LogP contribution in [-0.2, 0) is 16.2 Å². The zero-order chi connectivity index (χ0) is 51.3. The Morgan fingerprint density at radius 3 is 1.51 bits per heavy atom. The molecule has 0 atom stereocenters. The molecule has 0 saturated heterocycles. The van der Waals surface area contributed by atoms with Gasteiger partial charge in [-0.05, 0) is 234 Å². The molecule has 0 N–H and O–H groups in total. The van der Waals surface area contributed by atoms with Gasteiger partial charge >= 0.3 is 6.85 Å². The molecule has 3 nitrogen and oxygen atoms in total. The van der Waals surface area contributed by atoms with Crippen LogP contribution in [-0.4, -0.2) is 11.4 Å². The van der Waals surface area contributed by atoms with Crippen LogP contribution in [0, 0.1) is 35.5 Å². The van der Waals surface area contributed by atoms with Crippen LogP contribution < -0.4 is 20.6 Å². The Kier molecular flexibility index (Phi) is 8.89. The number of anilines is 5. The summed E-state index contributed by atoms with van der Waals surface area (Å²) in [6, 6.07) is 80.9. The second-order valence-corrected chi connectivity index (χ2v) is 26.8. The quantitative estimate of drug-likeness (QED) is 0.147. The first-order valence-electron chi connectivity index (χ1n) is 30.4. The Labute approximate surface area is 465 Å². The minimum absolute atomic E-state index is 0.0731. The van der Waals surface area contributed by atoms with Gasteiger partial charge in [-0.3, -0.25) is 0 Å². The van der Waals surface area contributed by atoms with Crippen molar-refractivity contribution in [2.45, 2.75) is 93.3 Å². The summed E-state index contributed by atoms with van der Waals surface area (Å²) in [6.07, 6.45) is 16.9. The highest BCUT2D eigenvalue weighted by Crippen LogP contribution is 2.65. The molecule has 9 aromatic carbocycles. The molecule has 8 saturated carbocycles. The normalized spacial score (nSPS) is 27.3. The Bertz CT molecular complexity index is 4030. The summed E-state index contributed by atoms with van der Waals surface area (Å²) in [5.74, 6) is 5.24. The molecule has 0 radical (unpaired) electrons. The lowest BCUT2D eigenvalue weighted by molar-refractivity contribution is -0.00526. The molecule has 4 heteroatoms. The number of hydrogen-bond donors (Lipinski definition) is 0. The fourth-order valence-corrected chi connectivity index (χ4v) is 20.7. The zero-order valence-electron chi connectivity index (χ0n) is 45.0. The van der Waals surface area contributed by atoms with E-state index in [4.69, 9.17) is 0 Å². The lowest BCUT2D eigenvalue weighted by Gasteiger charge is -2.57. The third kappa shape index (κ3) is 5.90. The molecule has 79 heavy (non-hydrogen) atoms. The summed E-state index contributed by atoms with van der Waals surface area (Å²) in [7, 11) is 0. The summed E-state index contributed by atoms with van der Waals surface area (Å²) in [5, 5.41) is 2.96. The number of benzene rings is 9. The SMILES string of the molecule is c1ccc(N(c2ccccc2)c2cc3c4c(c2)-n2c5ccc(C67CC8CC(CC(C8)C6)C7)cc5c5cc(C67CC8CC(CC(C8)C6)C7)cc(c52)B4N2c4ccccc4C(c4ccccc4)(c4ccccc4)c4cccc-3c42)cc1. The van der Waals surface area contributed by atoms with E-state index in [0.29, 0.717) is 5.41 Å². The third-order valence-electron chi connectivity index (χ3n) is 22.6. The molecule has 382 valence electrons. The van der Waals surface area contributed by atoms with Crippen LogP contribution in [0.3, 0.4) is 0 Å². The maximum atomic E-state index is 2.88. The van der Waals surface area contributed by atoms with Crippen LogP contribution >= 0.6 is 0 Å². The van der Waals surface area contributed by atoms with E-state index in [1.807, 2.05) is 0 Å². The molecular weight excluding hydrogens is 954 g/mol. The predicted octanol–water partition coefficient (Wildman–Crippen LogP) is 17.1. The van der Waals surface area contributed by atoms with Crippen molar-refractivity contribution in [3.8, 4) is 16.8 Å². The highest BCUT2D eigenvalue weighted by Gasteiger charge is 2.57. The molecule has 11 aliphatic rings. The van der Waals surface area contributed by atoms with Crippen molar-refractivity contribution in [1.82, 2.24) is 4.57 Å². The van der Waals surface area contributed by atoms with Gasteiger partial charge in [0.25, 0.3) is 0 Å². The summed E-state index contributed by atoms with van der Waals surface area (Å²) >= 11 is 0. The highest BCUT2D eigenvalue weighted by molar-refractivity contribution is 6.93. The molecule has 4 heterocycles. The molecule has 21 rings (SSSR count). The topological polar surface area (TPSA) is 11.4 Å². The van der Waals surface area contributed by atoms with Gasteiger partial charge in [0.1, 0.15) is 0 Å². The van der Waals surface area contributed by atoms with Crippen LogP contribution in [0.4, 0.5) is 28.4 Å². The average molecular weight is 1020 g/mol. The van der Waals surface area contributed by atoms with Gasteiger partial charge in [-0.15, -0.1) is 0 Å². The Hall–Kier alpha value is -7.56. The highest BCUT2D eigenvalue weighted by atomic mass is 15.2. The minimum atomic E-state index is -0.577. The summed E-state index contributed by atoms with van der Waals surface area (Å²) < 4.78 is 2.79. The standard InChI is InChI=1S/C75H64BN3/c1-5-16-53(17-6-1)75(54-18-7-2-8-19-54)64-25-13-14-27-68(64)79-71-60(24-15-26-65(71)75)62-39-59(77(57-20-9-3-10-21-57)58-22-11-4-12-23-58)40-69-70(62)76(79)66-38-56(74-44-50-33-51(45-74)35-52(34-50)46-74)37-63-61-36-55(28-29-67(61)78(69)72(63)66)73-41-47-30-48(42-73)32-49(31-47)43-73/h1-29,36-40,47-52H,30-35,41-46H2. The molecule has 1 aromatic heterocycles. The molecule has 0 amide bonds. The van der Waals surface area contributed by atoms with Crippen LogP contribution in [0.2, 0.25) is 0 Å². The maximum Gasteiger partial charge on any atom is 0.333 e. The van der Waals surface area contributed by atoms with E-state index in [2.05, 4.69) is 221 Å². The van der Waals surface area contributed by atoms with E-state index in [-0.39, 0.29) is 12.3 Å². The molecule has 8 bridgehead atoms. The number of aromatic nitrogens is 1. The smallest absolute Gasteiger partial charge is 0.333 e. The van der Waals surface area contributed by atoms with Crippen LogP contribution in [0.1, 0.15) is 110 Å². The molecule has 8 aliphatic carbocycles. The van der Waals surface area contributed by atoms with Gasteiger partial charge in [-0.1, -0.05) is 146 Å². The van der Waals surface area contributed by atoms with Crippen molar-refractivity contribution in [3.05, 3.63) is 240 Å². The molecule has 0 unspecified atom stereocenters. The molecule has 3 aliphatic heterocycles. The maximum absolute atomic E-state index is 2.88. The van der Waals surface area contributed by atoms with E-state index in [9.17, 15) is 0 Å². The average Bonchev–Trinajstić information content (AvgIpc) is 3.23. The van der Waals surface area contributed by atoms with Crippen molar-refractivity contribution in [1.29, 1.82) is 0 Å². The summed E-state index contributed by atoms with van der Waals surface area (Å²) in [4.78, 5) is 5.39. The van der Waals surface area contributed by atoms with E-state index < -0.39 is 5.41 Å². The first-order valence-corrected chi connectivity index (χ1v) is 30.4. The Balaban J connectivity index is 0.958. The van der Waals surface area contributed by atoms with Crippen molar-refractivity contribution in [3.63, 3.8) is 0 Å². The number of nitrogens with zero attached hydrogens (tertiary/aromatic N) is 3. The second kappa shape index (κ2) is 15.8. The van der Waals surface area contributed by atoms with Crippen molar-refractivity contribution >= 4 is 68.0 Å². The summed E-state index contributed by atoms with van der Waals surface area (Å²) in [6.45, 7) is -0.0731. The zero-order valence-corrected chi connectivity index (χ0v) is 45.0. The predicted molar refractivity (Wildman–Crippen MR) is 326 cm³/mol. The van der Waals surface area contributed by atoms with Gasteiger partial charge in [0, 0.05) is 50.5 Å². The van der Waals surface area contributed by atoms with Gasteiger partial charge in [-0.25, -0.2) is 0 Å². The van der Waals surface area contributed by atoms with E-state index in [0.717, 1.165) is 46.9 Å². The Morgan fingerprint density at radius 2 is 0.911 bits per heavy atom. The second-order valence-electron chi connectivity index (χ2n) is 26.8.